The highest BCUT2D eigenvalue weighted by atomic mass is 35.5. The van der Waals surface area contributed by atoms with Crippen LogP contribution in [0.15, 0.2) is 35.2 Å². The average molecular weight is 305 g/mol. The van der Waals surface area contributed by atoms with Gasteiger partial charge in [0.2, 0.25) is 0 Å². The number of aromatic nitrogens is 2. The van der Waals surface area contributed by atoms with E-state index in [1.54, 1.807) is 30.3 Å². The lowest BCUT2D eigenvalue weighted by molar-refractivity contribution is 0.482. The van der Waals surface area contributed by atoms with E-state index in [-0.39, 0.29) is 5.82 Å². The number of halogens is 2. The first-order valence-electron chi connectivity index (χ1n) is 4.65. The predicted octanol–water partition coefficient (Wildman–Crippen LogP) is 2.70. The maximum absolute atomic E-state index is 11.0. The van der Waals surface area contributed by atoms with E-state index in [0.717, 1.165) is 0 Å². The van der Waals surface area contributed by atoms with Crippen molar-refractivity contribution in [2.24, 2.45) is 0 Å². The van der Waals surface area contributed by atoms with E-state index < -0.39 is 25.3 Å². The van der Waals surface area contributed by atoms with Gasteiger partial charge in [0.05, 0.1) is 0 Å². The molecule has 0 atom stereocenters. The average Bonchev–Trinajstić information content (AvgIpc) is 2.27. The number of benzene rings is 1. The summed E-state index contributed by atoms with van der Waals surface area (Å²) in [6.07, 6.45) is 0. The third-order valence-electron chi connectivity index (χ3n) is 2.07. The lowest BCUT2D eigenvalue weighted by Crippen LogP contribution is -2.04. The lowest BCUT2D eigenvalue weighted by atomic mass is 10.2. The van der Waals surface area contributed by atoms with Crippen molar-refractivity contribution >= 4 is 33.3 Å². The minimum absolute atomic E-state index is 0.179. The first-order valence-corrected chi connectivity index (χ1v) is 6.85. The molecule has 0 aliphatic heterocycles. The van der Waals surface area contributed by atoms with Crippen LogP contribution in [-0.4, -0.2) is 22.9 Å². The highest BCUT2D eigenvalue weighted by Gasteiger charge is 2.23. The highest BCUT2D eigenvalue weighted by molar-refractivity contribution is 7.86. The molecule has 94 valence electrons. The smallest absolute Gasteiger partial charge is 0.282 e. The Balaban J connectivity index is 2.64. The van der Waals surface area contributed by atoms with Gasteiger partial charge in [-0.2, -0.15) is 8.42 Å². The van der Waals surface area contributed by atoms with E-state index in [9.17, 15) is 8.42 Å². The van der Waals surface area contributed by atoms with Gasteiger partial charge in [-0.1, -0.05) is 53.5 Å². The standard InChI is InChI=1S/C10H6Cl2N2O3S/c11-8-7(18(15,16)17)9(12)14-10(13-8)6-4-2-1-3-5-6/h1-5H,(H,15,16,17). The van der Waals surface area contributed by atoms with Crippen LogP contribution in [0.4, 0.5) is 0 Å². The van der Waals surface area contributed by atoms with Gasteiger partial charge < -0.3 is 0 Å². The molecule has 1 N–H and O–H groups in total. The van der Waals surface area contributed by atoms with Crippen LogP contribution in [0.5, 0.6) is 0 Å². The summed E-state index contributed by atoms with van der Waals surface area (Å²) < 4.78 is 31.0. The van der Waals surface area contributed by atoms with Crippen molar-refractivity contribution < 1.29 is 13.0 Å². The van der Waals surface area contributed by atoms with Gasteiger partial charge in [-0.3, -0.25) is 4.55 Å². The molecule has 0 radical (unpaired) electrons. The molecule has 0 aliphatic carbocycles. The first-order chi connectivity index (χ1) is 8.39. The van der Waals surface area contributed by atoms with Crippen LogP contribution in [0.3, 0.4) is 0 Å². The summed E-state index contributed by atoms with van der Waals surface area (Å²) in [5.41, 5.74) is 0.628. The van der Waals surface area contributed by atoms with Crippen molar-refractivity contribution in [3.63, 3.8) is 0 Å². The number of nitrogens with zero attached hydrogens (tertiary/aromatic N) is 2. The zero-order chi connectivity index (χ0) is 13.3. The topological polar surface area (TPSA) is 80.2 Å². The monoisotopic (exact) mass is 304 g/mol. The van der Waals surface area contributed by atoms with Crippen LogP contribution in [0.1, 0.15) is 0 Å². The van der Waals surface area contributed by atoms with Gasteiger partial charge in [0.25, 0.3) is 0 Å². The van der Waals surface area contributed by atoms with Crippen molar-refractivity contribution in [3.8, 4) is 11.4 Å². The second-order valence-corrected chi connectivity index (χ2v) is 5.37. The van der Waals surface area contributed by atoms with Crippen molar-refractivity contribution in [1.29, 1.82) is 0 Å². The van der Waals surface area contributed by atoms with Crippen LogP contribution < -0.4 is 0 Å². The fraction of sp³-hybridized carbons (Fsp3) is 0. The summed E-state index contributed by atoms with van der Waals surface area (Å²) in [4.78, 5) is 6.91. The van der Waals surface area contributed by atoms with Gasteiger partial charge in [-0.25, -0.2) is 9.97 Å². The molecule has 0 fully saturated rings. The molecule has 1 heterocycles. The first kappa shape index (κ1) is 13.2. The van der Waals surface area contributed by atoms with Crippen LogP contribution in [0.25, 0.3) is 11.4 Å². The minimum atomic E-state index is -4.55. The SMILES string of the molecule is O=S(=O)(O)c1c(Cl)nc(-c2ccccc2)nc1Cl. The summed E-state index contributed by atoms with van der Waals surface area (Å²) in [6.45, 7) is 0. The molecular weight excluding hydrogens is 299 g/mol. The Morgan fingerprint density at radius 2 is 1.50 bits per heavy atom. The fourth-order valence-electron chi connectivity index (χ4n) is 1.33. The third kappa shape index (κ3) is 2.62. The largest absolute Gasteiger partial charge is 0.300 e. The fourth-order valence-corrected chi connectivity index (χ4v) is 2.82. The summed E-state index contributed by atoms with van der Waals surface area (Å²) in [7, 11) is -4.55. The Morgan fingerprint density at radius 3 is 1.94 bits per heavy atom. The van der Waals surface area contributed by atoms with Crippen LogP contribution >= 0.6 is 23.2 Å². The molecule has 1 aromatic carbocycles. The number of rotatable bonds is 2. The summed E-state index contributed by atoms with van der Waals surface area (Å²) >= 11 is 11.4. The second kappa shape index (κ2) is 4.81. The summed E-state index contributed by atoms with van der Waals surface area (Å²) in [5.74, 6) is 0.179. The Hall–Kier alpha value is -1.21. The molecule has 0 saturated heterocycles. The molecular formula is C10H6Cl2N2O3S. The maximum Gasteiger partial charge on any atom is 0.300 e. The Bertz CT molecular complexity index is 667. The van der Waals surface area contributed by atoms with Crippen molar-refractivity contribution in [2.75, 3.05) is 0 Å². The lowest BCUT2D eigenvalue weighted by Gasteiger charge is -2.05. The van der Waals surface area contributed by atoms with Gasteiger partial charge in [0.15, 0.2) is 21.0 Å². The molecule has 5 nitrogen and oxygen atoms in total. The van der Waals surface area contributed by atoms with E-state index in [2.05, 4.69) is 9.97 Å². The van der Waals surface area contributed by atoms with Crippen molar-refractivity contribution in [3.05, 3.63) is 40.6 Å². The van der Waals surface area contributed by atoms with E-state index >= 15 is 0 Å². The molecule has 1 aromatic heterocycles. The third-order valence-corrected chi connectivity index (χ3v) is 3.75. The molecule has 2 rings (SSSR count). The van der Waals surface area contributed by atoms with E-state index in [1.807, 2.05) is 0 Å². The van der Waals surface area contributed by atoms with E-state index in [1.165, 1.54) is 0 Å². The number of hydrogen-bond donors (Lipinski definition) is 1. The number of hydrogen-bond acceptors (Lipinski definition) is 4. The second-order valence-electron chi connectivity index (χ2n) is 3.30. The molecule has 8 heteroatoms. The molecule has 0 saturated carbocycles. The molecule has 0 spiro atoms. The molecule has 18 heavy (non-hydrogen) atoms. The maximum atomic E-state index is 11.0. The normalized spacial score (nSPS) is 11.5. The van der Waals surface area contributed by atoms with Gasteiger partial charge in [0, 0.05) is 5.56 Å². The zero-order valence-electron chi connectivity index (χ0n) is 8.71. The van der Waals surface area contributed by atoms with Crippen LogP contribution in [-0.2, 0) is 10.1 Å². The van der Waals surface area contributed by atoms with Crippen molar-refractivity contribution in [2.45, 2.75) is 4.90 Å². The quantitative estimate of drug-likeness (QED) is 0.681. The van der Waals surface area contributed by atoms with Crippen LogP contribution in [0.2, 0.25) is 10.3 Å². The molecule has 2 aromatic rings. The molecule has 0 amide bonds. The van der Waals surface area contributed by atoms with Gasteiger partial charge in [-0.15, -0.1) is 0 Å². The Labute approximate surface area is 113 Å². The molecule has 0 bridgehead atoms. The highest BCUT2D eigenvalue weighted by Crippen LogP contribution is 2.28. The Morgan fingerprint density at radius 1 is 1.00 bits per heavy atom. The Kier molecular flexibility index (Phi) is 3.54. The summed E-state index contributed by atoms with van der Waals surface area (Å²) in [6, 6.07) is 8.76. The van der Waals surface area contributed by atoms with Crippen molar-refractivity contribution in [1.82, 2.24) is 9.97 Å². The van der Waals surface area contributed by atoms with Gasteiger partial charge >= 0.3 is 10.1 Å². The summed E-state index contributed by atoms with van der Waals surface area (Å²) in [5, 5.41) is -0.840. The zero-order valence-corrected chi connectivity index (χ0v) is 11.0. The minimum Gasteiger partial charge on any atom is -0.282 e. The molecule has 0 aliphatic rings. The van der Waals surface area contributed by atoms with Gasteiger partial charge in [0.1, 0.15) is 0 Å². The predicted molar refractivity (Wildman–Crippen MR) is 67.3 cm³/mol. The van der Waals surface area contributed by atoms with E-state index in [0.29, 0.717) is 5.56 Å². The van der Waals surface area contributed by atoms with Crippen LogP contribution in [0, 0.1) is 0 Å². The van der Waals surface area contributed by atoms with E-state index in [4.69, 9.17) is 27.8 Å². The van der Waals surface area contributed by atoms with Gasteiger partial charge in [-0.05, 0) is 0 Å². The molecule has 0 unspecified atom stereocenters.